The summed E-state index contributed by atoms with van der Waals surface area (Å²) in [4.78, 5) is 11.4. The average molecular weight is 276 g/mol. The van der Waals surface area contributed by atoms with Crippen molar-refractivity contribution in [3.8, 4) is 10.6 Å². The number of hydrogen-bond donors (Lipinski definition) is 2. The highest BCUT2D eigenvalue weighted by atomic mass is 32.1. The van der Waals surface area contributed by atoms with Crippen LogP contribution in [0.3, 0.4) is 0 Å². The van der Waals surface area contributed by atoms with Gasteiger partial charge in [-0.1, -0.05) is 28.5 Å². The lowest BCUT2D eigenvalue weighted by Crippen LogP contribution is -2.15. The zero-order valence-corrected chi connectivity index (χ0v) is 11.8. The standard InChI is InChI=1S/C13H16N4OS/c1-8-5-9(2)7-10(6-8)12-16-17-13(19-12)15-11(18)3-4-14/h5-7H,3-4,14H2,1-2H3,(H,15,17,18). The van der Waals surface area contributed by atoms with Crippen molar-refractivity contribution in [3.05, 3.63) is 29.3 Å². The van der Waals surface area contributed by atoms with E-state index in [1.165, 1.54) is 22.5 Å². The molecule has 0 aliphatic carbocycles. The van der Waals surface area contributed by atoms with Gasteiger partial charge in [0.05, 0.1) is 0 Å². The Hall–Kier alpha value is -1.79. The third kappa shape index (κ3) is 3.59. The van der Waals surface area contributed by atoms with Crippen LogP contribution in [0.2, 0.25) is 0 Å². The molecule has 0 saturated heterocycles. The maximum Gasteiger partial charge on any atom is 0.227 e. The first-order valence-corrected chi connectivity index (χ1v) is 6.82. The van der Waals surface area contributed by atoms with Crippen LogP contribution in [0.25, 0.3) is 10.6 Å². The second-order valence-corrected chi connectivity index (χ2v) is 5.35. The summed E-state index contributed by atoms with van der Waals surface area (Å²) in [5.41, 5.74) is 8.70. The predicted octanol–water partition coefficient (Wildman–Crippen LogP) is 2.11. The van der Waals surface area contributed by atoms with Crippen LogP contribution in [-0.2, 0) is 4.79 Å². The molecule has 0 saturated carbocycles. The van der Waals surface area contributed by atoms with Crippen molar-refractivity contribution in [2.24, 2.45) is 5.73 Å². The van der Waals surface area contributed by atoms with E-state index in [9.17, 15) is 4.79 Å². The molecular formula is C13H16N4OS. The molecule has 3 N–H and O–H groups in total. The molecule has 0 bridgehead atoms. The normalized spacial score (nSPS) is 10.5. The first kappa shape index (κ1) is 13.6. The van der Waals surface area contributed by atoms with Crippen LogP contribution in [0.5, 0.6) is 0 Å². The number of nitrogens with two attached hydrogens (primary N) is 1. The highest BCUT2D eigenvalue weighted by Crippen LogP contribution is 2.27. The van der Waals surface area contributed by atoms with E-state index in [-0.39, 0.29) is 5.91 Å². The van der Waals surface area contributed by atoms with Crippen LogP contribution in [0.15, 0.2) is 18.2 Å². The summed E-state index contributed by atoms with van der Waals surface area (Å²) in [7, 11) is 0. The van der Waals surface area contributed by atoms with Crippen LogP contribution in [0, 0.1) is 13.8 Å². The van der Waals surface area contributed by atoms with Gasteiger partial charge in [-0.05, 0) is 26.0 Å². The molecule has 1 aromatic heterocycles. The number of nitrogens with one attached hydrogen (secondary N) is 1. The summed E-state index contributed by atoms with van der Waals surface area (Å²) < 4.78 is 0. The first-order valence-electron chi connectivity index (χ1n) is 6.00. The molecule has 100 valence electrons. The lowest BCUT2D eigenvalue weighted by molar-refractivity contribution is -0.116. The molecule has 19 heavy (non-hydrogen) atoms. The monoisotopic (exact) mass is 276 g/mol. The Kier molecular flexibility index (Phi) is 4.24. The molecule has 2 rings (SSSR count). The Labute approximate surface area is 115 Å². The third-order valence-corrected chi connectivity index (χ3v) is 3.40. The number of benzene rings is 1. The van der Waals surface area contributed by atoms with Crippen molar-refractivity contribution in [3.63, 3.8) is 0 Å². The zero-order valence-electron chi connectivity index (χ0n) is 10.9. The Morgan fingerprint density at radius 3 is 2.58 bits per heavy atom. The molecule has 2 aromatic rings. The van der Waals surface area contributed by atoms with Gasteiger partial charge in [-0.2, -0.15) is 0 Å². The predicted molar refractivity (Wildman–Crippen MR) is 77.1 cm³/mol. The largest absolute Gasteiger partial charge is 0.330 e. The maximum absolute atomic E-state index is 11.4. The van der Waals surface area contributed by atoms with E-state index in [2.05, 4.69) is 33.7 Å². The zero-order chi connectivity index (χ0) is 13.8. The summed E-state index contributed by atoms with van der Waals surface area (Å²) in [6.07, 6.45) is 0.290. The lowest BCUT2D eigenvalue weighted by Gasteiger charge is -2.00. The molecule has 5 nitrogen and oxygen atoms in total. The SMILES string of the molecule is Cc1cc(C)cc(-c2nnc(NC(=O)CCN)s2)c1. The van der Waals surface area contributed by atoms with Crippen molar-refractivity contribution in [1.29, 1.82) is 0 Å². The number of carbonyl (C=O) groups is 1. The Morgan fingerprint density at radius 1 is 1.26 bits per heavy atom. The summed E-state index contributed by atoms with van der Waals surface area (Å²) in [5.74, 6) is -0.134. The summed E-state index contributed by atoms with van der Waals surface area (Å²) in [6.45, 7) is 4.41. The first-order chi connectivity index (χ1) is 9.08. The second-order valence-electron chi connectivity index (χ2n) is 4.38. The van der Waals surface area contributed by atoms with Crippen molar-refractivity contribution >= 4 is 22.4 Å². The smallest absolute Gasteiger partial charge is 0.227 e. The topological polar surface area (TPSA) is 80.9 Å². The van der Waals surface area contributed by atoms with E-state index in [4.69, 9.17) is 5.73 Å². The van der Waals surface area contributed by atoms with Crippen LogP contribution >= 0.6 is 11.3 Å². The van der Waals surface area contributed by atoms with Gasteiger partial charge in [0.15, 0.2) is 0 Å². The van der Waals surface area contributed by atoms with Gasteiger partial charge in [0, 0.05) is 18.5 Å². The molecule has 0 spiro atoms. The fourth-order valence-corrected chi connectivity index (χ4v) is 2.55. The Morgan fingerprint density at radius 2 is 1.95 bits per heavy atom. The Bertz CT molecular complexity index is 574. The van der Waals surface area contributed by atoms with Gasteiger partial charge in [0.1, 0.15) is 5.01 Å². The van der Waals surface area contributed by atoms with E-state index in [1.807, 2.05) is 13.8 Å². The van der Waals surface area contributed by atoms with Crippen LogP contribution in [0.1, 0.15) is 17.5 Å². The van der Waals surface area contributed by atoms with E-state index in [0.717, 1.165) is 10.6 Å². The molecule has 1 aromatic carbocycles. The molecule has 6 heteroatoms. The highest BCUT2D eigenvalue weighted by Gasteiger charge is 2.09. The molecule has 0 fully saturated rings. The van der Waals surface area contributed by atoms with E-state index in [0.29, 0.717) is 18.1 Å². The fourth-order valence-electron chi connectivity index (χ4n) is 1.80. The minimum atomic E-state index is -0.134. The van der Waals surface area contributed by atoms with Crippen LogP contribution < -0.4 is 11.1 Å². The molecule has 0 radical (unpaired) electrons. The lowest BCUT2D eigenvalue weighted by atomic mass is 10.1. The van der Waals surface area contributed by atoms with Gasteiger partial charge in [0.25, 0.3) is 0 Å². The number of nitrogens with zero attached hydrogens (tertiary/aromatic N) is 2. The van der Waals surface area contributed by atoms with Gasteiger partial charge in [0.2, 0.25) is 11.0 Å². The number of rotatable bonds is 4. The third-order valence-electron chi connectivity index (χ3n) is 2.51. The molecule has 0 atom stereocenters. The number of aromatic nitrogens is 2. The van der Waals surface area contributed by atoms with E-state index >= 15 is 0 Å². The van der Waals surface area contributed by atoms with Gasteiger partial charge < -0.3 is 11.1 Å². The van der Waals surface area contributed by atoms with Gasteiger partial charge >= 0.3 is 0 Å². The summed E-state index contributed by atoms with van der Waals surface area (Å²) in [6, 6.07) is 6.21. The number of aryl methyl sites for hydroxylation is 2. The number of anilines is 1. The highest BCUT2D eigenvalue weighted by molar-refractivity contribution is 7.18. The molecule has 0 aliphatic rings. The number of amides is 1. The fraction of sp³-hybridized carbons (Fsp3) is 0.308. The molecule has 0 unspecified atom stereocenters. The van der Waals surface area contributed by atoms with Crippen molar-refractivity contribution in [2.75, 3.05) is 11.9 Å². The van der Waals surface area contributed by atoms with Crippen LogP contribution in [0.4, 0.5) is 5.13 Å². The maximum atomic E-state index is 11.4. The minimum Gasteiger partial charge on any atom is -0.330 e. The molecule has 1 heterocycles. The minimum absolute atomic E-state index is 0.134. The summed E-state index contributed by atoms with van der Waals surface area (Å²) >= 11 is 1.36. The van der Waals surface area contributed by atoms with Gasteiger partial charge in [-0.15, -0.1) is 10.2 Å². The van der Waals surface area contributed by atoms with E-state index in [1.54, 1.807) is 0 Å². The number of hydrogen-bond acceptors (Lipinski definition) is 5. The second kappa shape index (κ2) is 5.90. The quantitative estimate of drug-likeness (QED) is 0.896. The van der Waals surface area contributed by atoms with Crippen molar-refractivity contribution in [2.45, 2.75) is 20.3 Å². The van der Waals surface area contributed by atoms with Crippen LogP contribution in [-0.4, -0.2) is 22.6 Å². The molecule has 0 aliphatic heterocycles. The van der Waals surface area contributed by atoms with Crippen molar-refractivity contribution < 1.29 is 4.79 Å². The van der Waals surface area contributed by atoms with E-state index < -0.39 is 0 Å². The molecular weight excluding hydrogens is 260 g/mol. The summed E-state index contributed by atoms with van der Waals surface area (Å²) in [5, 5.41) is 12.1. The number of carbonyl (C=O) groups excluding carboxylic acids is 1. The Balaban J connectivity index is 2.18. The van der Waals surface area contributed by atoms with Crippen molar-refractivity contribution in [1.82, 2.24) is 10.2 Å². The van der Waals surface area contributed by atoms with Gasteiger partial charge in [-0.3, -0.25) is 4.79 Å². The molecule has 1 amide bonds. The average Bonchev–Trinajstić information content (AvgIpc) is 2.76. The van der Waals surface area contributed by atoms with Gasteiger partial charge in [-0.25, -0.2) is 0 Å².